The Morgan fingerprint density at radius 2 is 0.433 bits per heavy atom. The number of rotatable bonds is 9. The van der Waals surface area contributed by atoms with Crippen LogP contribution in [0.4, 0.5) is 0 Å². The van der Waals surface area contributed by atoms with E-state index in [4.69, 9.17) is 47.4 Å². The summed E-state index contributed by atoms with van der Waals surface area (Å²) in [6.45, 7) is 0. The summed E-state index contributed by atoms with van der Waals surface area (Å²) >= 11 is 0. The van der Waals surface area contributed by atoms with Crippen LogP contribution in [0.15, 0.2) is 442 Å². The molecule has 0 saturated carbocycles. The molecule has 0 spiro atoms. The Hall–Kier alpha value is -19.1. The Labute approximate surface area is 837 Å². The van der Waals surface area contributed by atoms with Crippen molar-refractivity contribution in [1.29, 1.82) is 0 Å². The molecule has 6 heterocycles. The van der Waals surface area contributed by atoms with Gasteiger partial charge in [-0.25, -0.2) is 29.9 Å². The first-order valence-electron chi connectivity index (χ1n) is 58.1. The van der Waals surface area contributed by atoms with Crippen LogP contribution >= 0.6 is 0 Å². The largest absolute Gasteiger partial charge is 0.309 e. The van der Waals surface area contributed by atoms with E-state index >= 15 is 0 Å². The molecule has 11 heteroatoms. The van der Waals surface area contributed by atoms with Crippen LogP contribution in [0, 0.1) is 0 Å². The molecule has 33 rings (SSSR count). The summed E-state index contributed by atoms with van der Waals surface area (Å²) in [7, 11) is 0. The molecular formula is C130H73N11. The summed E-state index contributed by atoms with van der Waals surface area (Å²) in [5, 5.41) is 38.1. The lowest BCUT2D eigenvalue weighted by Gasteiger charge is -2.17. The average Bonchev–Trinajstić information content (AvgIpc) is 1.52. The standard InChI is InChI=1S/C46H25N3.C45H26N4.C39H22N4/c1-2-12-26(13-3-1)43-46(48-45-36-19-9-7-17-30(36)29-16-6-8-18-35(29)44(45)47-43)49-37-23-11-22-33-32-21-10-20-31-27-14-4-5-15-28(27)34-24-25-38(49)42(40(33)37)41(34)39(31)32;1-3-12-27(13-4-1)43-46-44(28-14-5-2-6-15-28)48-45(47-43)29-16-9-17-30(26-29)49-37-23-11-22-35-34-21-10-20-33-31-18-7-8-19-32(31)36-24-25-38(49)42(40(35)37)41(36)39(33)34;1-3-11-23(12-4-1)37-40-38(24-13-5-2-6-14-24)42-39(41-37)43-31-20-10-19-29-28-18-9-17-27-25-15-7-8-16-26(25)30-21-22-32(43)36(34(29)31)35(30)33(27)28/h1-25H;1-26H;1-22H/i;1D,2D,3D,4D,5D,6D,9D,12D,13D,14D,15D,16D,17D,26D;1D,2D,3D,4D,5D,6D,11D,12D,13D,14D. The zero-order chi connectivity index (χ0) is 113. The first-order chi connectivity index (χ1) is 80.0. The van der Waals surface area contributed by atoms with E-state index in [2.05, 4.69) is 243 Å². The SMILES string of the molecule is [2H]c1c([2H])c([2H])c(-c2nc(-c3c([2H])c([2H])c([2H])c([2H])c3[2H])nc(-c3c([2H])c([2H])c([2H])c(-n4c5cccc6c7cccc8c9ccccc9c9ccc4c(c9c87)c65)c3[2H])n2)c([2H])c1[2H].[2H]c1c([2H])c([2H])c(-c2nc(-c3c([2H])c([2H])c([2H])c([2H])c3[2H])nc(-n3c4cccc5c6cccc7c8ccccc8c8ccc3c(c8c76)c54)n2)c([2H])c1[2H].c1ccc(-c2nc3c4ccccc4c4ccccc4c3nc2-n2c3cccc4c5cccc6c7ccccc7c7ccc2c(c7c65)c43)cc1. The minimum Gasteiger partial charge on any atom is -0.309 e. The summed E-state index contributed by atoms with van der Waals surface area (Å²) in [5.74, 6) is -1.49. The monoisotopic (exact) mass is 1810 g/mol. The molecule has 0 unspecified atom stereocenters. The number of fused-ring (bicyclic) bond motifs is 18. The van der Waals surface area contributed by atoms with E-state index in [0.29, 0.717) is 16.6 Å². The van der Waals surface area contributed by atoms with Gasteiger partial charge in [-0.3, -0.25) is 9.13 Å². The quantitative estimate of drug-likeness (QED) is 0.104. The minimum absolute atomic E-state index is 0.0249. The summed E-state index contributed by atoms with van der Waals surface area (Å²) in [5.41, 5.74) is 6.56. The first kappa shape index (κ1) is 57.6. The average molecular weight is 1810 g/mol. The number of nitrogens with zero attached hydrogens (tertiary/aromatic N) is 11. The van der Waals surface area contributed by atoms with Gasteiger partial charge in [0, 0.05) is 98.3 Å². The normalized spacial score (nSPS) is 14.6. The second kappa shape index (κ2) is 29.7. The zero-order valence-electron chi connectivity index (χ0n) is 97.7. The van der Waals surface area contributed by atoms with Crippen molar-refractivity contribution >= 4 is 227 Å². The Bertz CT molecular complexity index is 12300. The lowest BCUT2D eigenvalue weighted by molar-refractivity contribution is 0.954. The van der Waals surface area contributed by atoms with Crippen molar-refractivity contribution in [2.45, 2.75) is 0 Å². The minimum atomic E-state index is -0.725. The van der Waals surface area contributed by atoms with E-state index in [0.717, 1.165) is 163 Å². The van der Waals surface area contributed by atoms with Crippen molar-refractivity contribution in [2.24, 2.45) is 0 Å². The van der Waals surface area contributed by atoms with Crippen LogP contribution in [0.2, 0.25) is 0 Å². The molecule has 6 aromatic heterocycles. The van der Waals surface area contributed by atoms with Gasteiger partial charge in [0.25, 0.3) is 0 Å². The van der Waals surface area contributed by atoms with Gasteiger partial charge in [-0.05, 0) is 172 Å². The van der Waals surface area contributed by atoms with Crippen molar-refractivity contribution in [3.8, 4) is 85.7 Å². The summed E-state index contributed by atoms with van der Waals surface area (Å²) in [6, 6.07) is 88.3. The van der Waals surface area contributed by atoms with Gasteiger partial charge in [-0.1, -0.05) is 394 Å². The third-order valence-corrected chi connectivity index (χ3v) is 28.4. The van der Waals surface area contributed by atoms with Gasteiger partial charge in [0.2, 0.25) is 5.95 Å². The molecule has 0 aliphatic heterocycles. The van der Waals surface area contributed by atoms with Crippen LogP contribution in [0.1, 0.15) is 32.9 Å². The number of aromatic nitrogens is 11. The molecule has 0 saturated heterocycles. The second-order valence-electron chi connectivity index (χ2n) is 35.4. The first-order valence-corrected chi connectivity index (χ1v) is 46.1. The number of hydrogen-bond donors (Lipinski definition) is 0. The smallest absolute Gasteiger partial charge is 0.238 e. The third kappa shape index (κ3) is 11.1. The molecule has 0 radical (unpaired) electrons. The van der Waals surface area contributed by atoms with Crippen LogP contribution < -0.4 is 0 Å². The van der Waals surface area contributed by atoms with Crippen LogP contribution in [-0.2, 0) is 0 Å². The predicted octanol–water partition coefficient (Wildman–Crippen LogP) is 33.4. The maximum atomic E-state index is 9.87. The predicted molar refractivity (Wildman–Crippen MR) is 587 cm³/mol. The van der Waals surface area contributed by atoms with Gasteiger partial charge in [0.1, 0.15) is 5.69 Å². The van der Waals surface area contributed by atoms with Gasteiger partial charge in [0.05, 0.1) is 77.0 Å². The highest BCUT2D eigenvalue weighted by atomic mass is 15.2. The van der Waals surface area contributed by atoms with E-state index in [-0.39, 0.29) is 34.4 Å². The third-order valence-electron chi connectivity index (χ3n) is 28.4. The van der Waals surface area contributed by atoms with Crippen molar-refractivity contribution in [2.75, 3.05) is 0 Å². The lowest BCUT2D eigenvalue weighted by Crippen LogP contribution is -2.06. The summed E-state index contributed by atoms with van der Waals surface area (Å²) in [4.78, 5) is 38.6. The molecule has 0 aliphatic rings. The van der Waals surface area contributed by atoms with Crippen LogP contribution in [-0.4, -0.2) is 53.6 Å². The van der Waals surface area contributed by atoms with E-state index in [1.807, 2.05) is 78.9 Å². The Balaban J connectivity index is 0.000000109. The van der Waals surface area contributed by atoms with Crippen molar-refractivity contribution in [1.82, 2.24) is 53.6 Å². The van der Waals surface area contributed by atoms with Gasteiger partial charge in [0.15, 0.2) is 34.9 Å². The molecule has 648 valence electrons. The topological polar surface area (TPSA) is 118 Å². The highest BCUT2D eigenvalue weighted by Crippen LogP contribution is 2.55. The number of hydrogen-bond acceptors (Lipinski definition) is 8. The Morgan fingerprint density at radius 1 is 0.163 bits per heavy atom. The van der Waals surface area contributed by atoms with Crippen LogP contribution in [0.3, 0.4) is 0 Å². The maximum Gasteiger partial charge on any atom is 0.238 e. The highest BCUT2D eigenvalue weighted by Gasteiger charge is 2.32. The van der Waals surface area contributed by atoms with E-state index in [1.54, 1.807) is 9.13 Å². The van der Waals surface area contributed by atoms with Crippen LogP contribution in [0.25, 0.3) is 313 Å². The maximum absolute atomic E-state index is 9.87. The van der Waals surface area contributed by atoms with E-state index < -0.39 is 179 Å². The van der Waals surface area contributed by atoms with Crippen molar-refractivity contribution in [3.05, 3.63) is 442 Å². The van der Waals surface area contributed by atoms with Gasteiger partial charge >= 0.3 is 0 Å². The van der Waals surface area contributed by atoms with Gasteiger partial charge < -0.3 is 4.57 Å². The molecule has 0 amide bonds. The zero-order valence-corrected chi connectivity index (χ0v) is 73.7. The highest BCUT2D eigenvalue weighted by molar-refractivity contribution is 6.48. The molecule has 141 heavy (non-hydrogen) atoms. The molecule has 11 nitrogen and oxygen atoms in total. The van der Waals surface area contributed by atoms with Gasteiger partial charge in [-0.15, -0.1) is 0 Å². The Morgan fingerprint density at radius 3 is 0.823 bits per heavy atom. The molecule has 0 fully saturated rings. The second-order valence-corrected chi connectivity index (χ2v) is 35.4. The summed E-state index contributed by atoms with van der Waals surface area (Å²) < 4.78 is 213. The fraction of sp³-hybridized carbons (Fsp3) is 0. The molecule has 0 aliphatic carbocycles. The lowest BCUT2D eigenvalue weighted by atomic mass is 9.86. The molecule has 33 aromatic rings. The van der Waals surface area contributed by atoms with E-state index in [9.17, 15) is 5.48 Å². The molecule has 0 bridgehead atoms. The van der Waals surface area contributed by atoms with Crippen molar-refractivity contribution in [3.63, 3.8) is 0 Å². The number of benzene rings is 27. The molecular weight excluding hydrogens is 1720 g/mol. The fourth-order valence-electron chi connectivity index (χ4n) is 22.9. The van der Waals surface area contributed by atoms with Crippen molar-refractivity contribution < 1.29 is 32.9 Å². The summed E-state index contributed by atoms with van der Waals surface area (Å²) in [6.07, 6.45) is 0. The van der Waals surface area contributed by atoms with Crippen LogP contribution in [0.5, 0.6) is 0 Å². The van der Waals surface area contributed by atoms with Gasteiger partial charge in [-0.2, -0.15) is 9.97 Å². The molecule has 0 N–H and O–H groups in total. The fourth-order valence-corrected chi connectivity index (χ4v) is 22.9. The Kier molecular flexibility index (Phi) is 12.1. The molecule has 0 atom stereocenters. The molecule has 27 aromatic carbocycles. The van der Waals surface area contributed by atoms with E-state index in [1.165, 1.54) is 64.6 Å².